The molecule has 80 valence electrons. The largest absolute Gasteiger partial charge is 0.398 e. The second-order valence-electron chi connectivity index (χ2n) is 4.01. The monoisotopic (exact) mass is 204 g/mol. The first-order valence-electron chi connectivity index (χ1n) is 5.40. The van der Waals surface area contributed by atoms with Gasteiger partial charge in [0.05, 0.1) is 5.56 Å². The molecule has 1 aromatic rings. The molecule has 0 spiro atoms. The highest BCUT2D eigenvalue weighted by Gasteiger charge is 2.25. The second-order valence-corrected chi connectivity index (χ2v) is 4.01. The van der Waals surface area contributed by atoms with Gasteiger partial charge in [0.15, 0.2) is 0 Å². The summed E-state index contributed by atoms with van der Waals surface area (Å²) in [5, 5.41) is 2.90. The maximum absolute atomic E-state index is 11.7. The first-order chi connectivity index (χ1) is 7.24. The number of benzene rings is 1. The zero-order valence-electron chi connectivity index (χ0n) is 8.92. The lowest BCUT2D eigenvalue weighted by Gasteiger charge is -2.26. The maximum atomic E-state index is 11.7. The van der Waals surface area contributed by atoms with Crippen molar-refractivity contribution in [2.45, 2.75) is 25.7 Å². The average molecular weight is 204 g/mol. The molecular formula is C12H16N2O. The minimum atomic E-state index is -0.0320. The lowest BCUT2D eigenvalue weighted by Crippen LogP contribution is -2.35. The summed E-state index contributed by atoms with van der Waals surface area (Å²) in [6.45, 7) is 2.89. The fourth-order valence-corrected chi connectivity index (χ4v) is 2.21. The van der Waals surface area contributed by atoms with E-state index in [1.165, 1.54) is 0 Å². The predicted octanol–water partition coefficient (Wildman–Crippen LogP) is 1.90. The Morgan fingerprint density at radius 1 is 1.53 bits per heavy atom. The minimum Gasteiger partial charge on any atom is -0.398 e. The van der Waals surface area contributed by atoms with Gasteiger partial charge in [0.1, 0.15) is 0 Å². The Morgan fingerprint density at radius 3 is 3.07 bits per heavy atom. The van der Waals surface area contributed by atoms with Crippen LogP contribution in [0.25, 0.3) is 0 Å². The SMILES string of the molecule is CCCC1CNC(=O)c2c(N)cccc21. The molecule has 3 nitrogen and oxygen atoms in total. The molecule has 1 aliphatic rings. The number of nitrogens with two attached hydrogens (primary N) is 1. The van der Waals surface area contributed by atoms with E-state index in [1.807, 2.05) is 12.1 Å². The smallest absolute Gasteiger partial charge is 0.253 e. The van der Waals surface area contributed by atoms with Gasteiger partial charge in [0.2, 0.25) is 0 Å². The molecule has 0 aliphatic carbocycles. The molecule has 2 rings (SSSR count). The van der Waals surface area contributed by atoms with E-state index in [1.54, 1.807) is 6.07 Å². The normalized spacial score (nSPS) is 19.5. The number of rotatable bonds is 2. The van der Waals surface area contributed by atoms with Crippen molar-refractivity contribution in [3.05, 3.63) is 29.3 Å². The van der Waals surface area contributed by atoms with Gasteiger partial charge in [0.25, 0.3) is 5.91 Å². The fraction of sp³-hybridized carbons (Fsp3) is 0.417. The first kappa shape index (κ1) is 10.0. The third-order valence-electron chi connectivity index (χ3n) is 2.94. The van der Waals surface area contributed by atoms with Gasteiger partial charge >= 0.3 is 0 Å². The lowest BCUT2D eigenvalue weighted by atomic mass is 9.86. The van der Waals surface area contributed by atoms with Gasteiger partial charge in [-0.1, -0.05) is 25.5 Å². The summed E-state index contributed by atoms with van der Waals surface area (Å²) in [5.41, 5.74) is 8.21. The topological polar surface area (TPSA) is 55.1 Å². The quantitative estimate of drug-likeness (QED) is 0.723. The number of nitrogen functional groups attached to an aromatic ring is 1. The van der Waals surface area contributed by atoms with E-state index in [0.29, 0.717) is 17.2 Å². The van der Waals surface area contributed by atoms with Crippen LogP contribution in [0.1, 0.15) is 41.6 Å². The van der Waals surface area contributed by atoms with Crippen molar-refractivity contribution in [1.82, 2.24) is 5.32 Å². The summed E-state index contributed by atoms with van der Waals surface area (Å²) in [7, 11) is 0. The molecule has 1 amide bonds. The predicted molar refractivity (Wildman–Crippen MR) is 60.8 cm³/mol. The second kappa shape index (κ2) is 3.93. The van der Waals surface area contributed by atoms with Crippen LogP contribution in [-0.4, -0.2) is 12.5 Å². The van der Waals surface area contributed by atoms with Crippen LogP contribution in [0.15, 0.2) is 18.2 Å². The Labute approximate surface area is 89.7 Å². The number of anilines is 1. The molecule has 0 bridgehead atoms. The summed E-state index contributed by atoms with van der Waals surface area (Å²) in [6.07, 6.45) is 2.21. The Balaban J connectivity index is 2.45. The van der Waals surface area contributed by atoms with E-state index in [-0.39, 0.29) is 5.91 Å². The van der Waals surface area contributed by atoms with Gasteiger partial charge in [-0.25, -0.2) is 0 Å². The van der Waals surface area contributed by atoms with E-state index in [2.05, 4.69) is 12.2 Å². The van der Waals surface area contributed by atoms with E-state index in [9.17, 15) is 4.79 Å². The molecule has 1 atom stereocenters. The Bertz CT molecular complexity index is 387. The minimum absolute atomic E-state index is 0.0320. The van der Waals surface area contributed by atoms with Crippen LogP contribution in [0.2, 0.25) is 0 Å². The van der Waals surface area contributed by atoms with Gasteiger partial charge in [0, 0.05) is 18.2 Å². The Morgan fingerprint density at radius 2 is 2.33 bits per heavy atom. The molecule has 1 heterocycles. The average Bonchev–Trinajstić information content (AvgIpc) is 2.22. The van der Waals surface area contributed by atoms with Crippen molar-refractivity contribution >= 4 is 11.6 Å². The van der Waals surface area contributed by atoms with E-state index >= 15 is 0 Å². The van der Waals surface area contributed by atoms with Crippen LogP contribution in [0.3, 0.4) is 0 Å². The van der Waals surface area contributed by atoms with E-state index in [0.717, 1.165) is 24.9 Å². The van der Waals surface area contributed by atoms with Crippen LogP contribution in [0.5, 0.6) is 0 Å². The van der Waals surface area contributed by atoms with Crippen molar-refractivity contribution in [2.75, 3.05) is 12.3 Å². The zero-order valence-corrected chi connectivity index (χ0v) is 8.92. The van der Waals surface area contributed by atoms with Crippen molar-refractivity contribution in [1.29, 1.82) is 0 Å². The third-order valence-corrected chi connectivity index (χ3v) is 2.94. The summed E-state index contributed by atoms with van der Waals surface area (Å²) >= 11 is 0. The number of nitrogens with one attached hydrogen (secondary N) is 1. The molecule has 3 N–H and O–H groups in total. The summed E-state index contributed by atoms with van der Waals surface area (Å²) < 4.78 is 0. The van der Waals surface area contributed by atoms with Crippen molar-refractivity contribution in [3.63, 3.8) is 0 Å². The highest BCUT2D eigenvalue weighted by Crippen LogP contribution is 2.30. The molecule has 15 heavy (non-hydrogen) atoms. The molecule has 3 heteroatoms. The number of hydrogen-bond donors (Lipinski definition) is 2. The third kappa shape index (κ3) is 1.69. The Hall–Kier alpha value is -1.51. The molecular weight excluding hydrogens is 188 g/mol. The van der Waals surface area contributed by atoms with Gasteiger partial charge in [-0.15, -0.1) is 0 Å². The molecule has 1 unspecified atom stereocenters. The van der Waals surface area contributed by atoms with Gasteiger partial charge in [-0.3, -0.25) is 4.79 Å². The van der Waals surface area contributed by atoms with Crippen LogP contribution in [-0.2, 0) is 0 Å². The molecule has 1 aliphatic heterocycles. The molecule has 0 aromatic heterocycles. The standard InChI is InChI=1S/C12H16N2O/c1-2-4-8-7-14-12(15)11-9(8)5-3-6-10(11)13/h3,5-6,8H,2,4,7,13H2,1H3,(H,14,15). The highest BCUT2D eigenvalue weighted by molar-refractivity contribution is 6.01. The van der Waals surface area contributed by atoms with Crippen molar-refractivity contribution in [3.8, 4) is 0 Å². The number of fused-ring (bicyclic) bond motifs is 1. The van der Waals surface area contributed by atoms with Gasteiger partial charge in [-0.05, 0) is 18.1 Å². The number of hydrogen-bond acceptors (Lipinski definition) is 2. The molecule has 1 aromatic carbocycles. The van der Waals surface area contributed by atoms with E-state index in [4.69, 9.17) is 5.73 Å². The molecule has 0 saturated heterocycles. The molecule has 0 saturated carbocycles. The molecule has 0 radical (unpaired) electrons. The summed E-state index contributed by atoms with van der Waals surface area (Å²) in [5.74, 6) is 0.390. The first-order valence-corrected chi connectivity index (χ1v) is 5.40. The zero-order chi connectivity index (χ0) is 10.8. The highest BCUT2D eigenvalue weighted by atomic mass is 16.1. The summed E-state index contributed by atoms with van der Waals surface area (Å²) in [4.78, 5) is 11.7. The molecule has 0 fully saturated rings. The van der Waals surface area contributed by atoms with E-state index < -0.39 is 0 Å². The Kier molecular flexibility index (Phi) is 2.62. The summed E-state index contributed by atoms with van der Waals surface area (Å²) in [6, 6.07) is 5.73. The van der Waals surface area contributed by atoms with Crippen LogP contribution >= 0.6 is 0 Å². The fourth-order valence-electron chi connectivity index (χ4n) is 2.21. The number of carbonyl (C=O) groups excluding carboxylic acids is 1. The van der Waals surface area contributed by atoms with Crippen molar-refractivity contribution < 1.29 is 4.79 Å². The number of carbonyl (C=O) groups is 1. The van der Waals surface area contributed by atoms with Crippen LogP contribution in [0, 0.1) is 0 Å². The van der Waals surface area contributed by atoms with Gasteiger partial charge in [-0.2, -0.15) is 0 Å². The van der Waals surface area contributed by atoms with Crippen LogP contribution in [0.4, 0.5) is 5.69 Å². The number of amides is 1. The van der Waals surface area contributed by atoms with Gasteiger partial charge < -0.3 is 11.1 Å². The van der Waals surface area contributed by atoms with Crippen molar-refractivity contribution in [2.24, 2.45) is 0 Å². The maximum Gasteiger partial charge on any atom is 0.253 e. The van der Waals surface area contributed by atoms with Crippen LogP contribution < -0.4 is 11.1 Å². The lowest BCUT2D eigenvalue weighted by molar-refractivity contribution is 0.0940.